The lowest BCUT2D eigenvalue weighted by Crippen LogP contribution is -2.29. The molecule has 0 aromatic heterocycles. The fraction of sp³-hybridized carbons (Fsp3) is 0.0870. The van der Waals surface area contributed by atoms with Crippen LogP contribution in [0, 0.1) is 0 Å². The predicted molar refractivity (Wildman–Crippen MR) is 109 cm³/mol. The van der Waals surface area contributed by atoms with E-state index in [0.29, 0.717) is 39.6 Å². The first kappa shape index (κ1) is 18.4. The Hall–Kier alpha value is -3.93. The average Bonchev–Trinajstić information content (AvgIpc) is 2.94. The quantitative estimate of drug-likeness (QED) is 0.529. The normalized spacial score (nSPS) is 12.8. The van der Waals surface area contributed by atoms with Crippen LogP contribution in [0.1, 0.15) is 33.2 Å². The van der Waals surface area contributed by atoms with Crippen molar-refractivity contribution in [1.29, 1.82) is 0 Å². The molecule has 0 atom stereocenters. The number of Topliss-reactive ketones (excluding diaryl/α,β-unsaturated/α-hetero) is 1. The lowest BCUT2D eigenvalue weighted by Gasteiger charge is -2.14. The van der Waals surface area contributed by atoms with Crippen molar-refractivity contribution >= 4 is 29.0 Å². The zero-order chi connectivity index (χ0) is 20.5. The molecule has 0 fully saturated rings. The fourth-order valence-electron chi connectivity index (χ4n) is 3.26. The third kappa shape index (κ3) is 3.60. The first-order chi connectivity index (χ1) is 13.9. The number of amides is 2. The van der Waals surface area contributed by atoms with E-state index in [4.69, 9.17) is 10.5 Å². The Labute approximate surface area is 167 Å². The van der Waals surface area contributed by atoms with Crippen molar-refractivity contribution < 1.29 is 19.1 Å². The number of hydrogen-bond donors (Lipinski definition) is 1. The number of carbonyl (C=O) groups is 3. The van der Waals surface area contributed by atoms with Crippen molar-refractivity contribution in [1.82, 2.24) is 0 Å². The van der Waals surface area contributed by atoms with Crippen LogP contribution in [0.5, 0.6) is 11.5 Å². The Morgan fingerprint density at radius 2 is 1.45 bits per heavy atom. The molecule has 1 heterocycles. The molecule has 29 heavy (non-hydrogen) atoms. The van der Waals surface area contributed by atoms with Crippen LogP contribution >= 0.6 is 0 Å². The van der Waals surface area contributed by atoms with Crippen molar-refractivity contribution in [3.63, 3.8) is 0 Å². The molecule has 1 aliphatic heterocycles. The number of imide groups is 1. The summed E-state index contributed by atoms with van der Waals surface area (Å²) < 4.78 is 5.74. The second-order valence-corrected chi connectivity index (χ2v) is 6.87. The van der Waals surface area contributed by atoms with Crippen molar-refractivity contribution in [2.75, 3.05) is 10.6 Å². The molecule has 144 valence electrons. The largest absolute Gasteiger partial charge is 0.457 e. The van der Waals surface area contributed by atoms with Gasteiger partial charge in [0.25, 0.3) is 11.8 Å². The minimum absolute atomic E-state index is 0.00438. The summed E-state index contributed by atoms with van der Waals surface area (Å²) in [6, 6.07) is 18.6. The molecule has 3 aromatic rings. The number of benzene rings is 3. The summed E-state index contributed by atoms with van der Waals surface area (Å²) in [7, 11) is 0. The van der Waals surface area contributed by atoms with Gasteiger partial charge in [-0.05, 0) is 73.2 Å². The van der Waals surface area contributed by atoms with Gasteiger partial charge in [0, 0.05) is 12.1 Å². The van der Waals surface area contributed by atoms with Gasteiger partial charge in [-0.1, -0.05) is 6.07 Å². The van der Waals surface area contributed by atoms with E-state index in [-0.39, 0.29) is 18.1 Å². The SMILES string of the molecule is CC(=O)Cc1ccc2c(c1)C(=O)N(c1ccc(Oc3ccc(N)cc3)cc1)C2=O. The number of carbonyl (C=O) groups excluding carboxylic acids is 3. The van der Waals surface area contributed by atoms with Crippen LogP contribution in [0.3, 0.4) is 0 Å². The first-order valence-corrected chi connectivity index (χ1v) is 9.07. The highest BCUT2D eigenvalue weighted by Crippen LogP contribution is 2.31. The van der Waals surface area contributed by atoms with Crippen molar-refractivity contribution in [3.8, 4) is 11.5 Å². The van der Waals surface area contributed by atoms with E-state index in [1.165, 1.54) is 6.92 Å². The molecule has 4 rings (SSSR count). The molecule has 6 nitrogen and oxygen atoms in total. The van der Waals surface area contributed by atoms with E-state index in [1.54, 1.807) is 66.7 Å². The Kier molecular flexibility index (Phi) is 4.60. The highest BCUT2D eigenvalue weighted by atomic mass is 16.5. The summed E-state index contributed by atoms with van der Waals surface area (Å²) >= 11 is 0. The predicted octanol–water partition coefficient (Wildman–Crippen LogP) is 3.99. The maximum Gasteiger partial charge on any atom is 0.266 e. The number of fused-ring (bicyclic) bond motifs is 1. The highest BCUT2D eigenvalue weighted by molar-refractivity contribution is 6.34. The molecule has 2 N–H and O–H groups in total. The van der Waals surface area contributed by atoms with Crippen LogP contribution in [0.25, 0.3) is 0 Å². The molecular formula is C23H18N2O4. The second-order valence-electron chi connectivity index (χ2n) is 6.87. The molecule has 6 heteroatoms. The Morgan fingerprint density at radius 3 is 2.07 bits per heavy atom. The first-order valence-electron chi connectivity index (χ1n) is 9.07. The van der Waals surface area contributed by atoms with E-state index >= 15 is 0 Å². The van der Waals surface area contributed by atoms with Crippen molar-refractivity contribution in [3.05, 3.63) is 83.4 Å². The fourth-order valence-corrected chi connectivity index (χ4v) is 3.26. The zero-order valence-corrected chi connectivity index (χ0v) is 15.7. The third-order valence-corrected chi connectivity index (χ3v) is 4.61. The summed E-state index contributed by atoms with van der Waals surface area (Å²) in [4.78, 5) is 38.1. The molecule has 0 unspecified atom stereocenters. The summed E-state index contributed by atoms with van der Waals surface area (Å²) in [5.41, 5.74) is 8.13. The van der Waals surface area contributed by atoms with Gasteiger partial charge in [0.1, 0.15) is 17.3 Å². The van der Waals surface area contributed by atoms with E-state index in [0.717, 1.165) is 4.90 Å². The van der Waals surface area contributed by atoms with Gasteiger partial charge in [-0.2, -0.15) is 0 Å². The lowest BCUT2D eigenvalue weighted by molar-refractivity contribution is -0.116. The zero-order valence-electron chi connectivity index (χ0n) is 15.7. The van der Waals surface area contributed by atoms with Gasteiger partial charge >= 0.3 is 0 Å². The van der Waals surface area contributed by atoms with E-state index < -0.39 is 5.91 Å². The summed E-state index contributed by atoms with van der Waals surface area (Å²) in [6.45, 7) is 1.49. The molecule has 0 spiro atoms. The number of ether oxygens (including phenoxy) is 1. The molecule has 0 radical (unpaired) electrons. The maximum atomic E-state index is 12.8. The lowest BCUT2D eigenvalue weighted by atomic mass is 10.0. The van der Waals surface area contributed by atoms with Gasteiger partial charge in [0.15, 0.2) is 0 Å². The van der Waals surface area contributed by atoms with Gasteiger partial charge < -0.3 is 10.5 Å². The number of nitrogens with two attached hydrogens (primary N) is 1. The number of nitrogens with zero attached hydrogens (tertiary/aromatic N) is 1. The molecule has 1 aliphatic rings. The summed E-state index contributed by atoms with van der Waals surface area (Å²) in [6.07, 6.45) is 0.228. The molecular weight excluding hydrogens is 368 g/mol. The van der Waals surface area contributed by atoms with Crippen LogP contribution in [-0.4, -0.2) is 17.6 Å². The minimum atomic E-state index is -0.400. The molecule has 0 aliphatic carbocycles. The van der Waals surface area contributed by atoms with E-state index in [9.17, 15) is 14.4 Å². The van der Waals surface area contributed by atoms with Crippen LogP contribution < -0.4 is 15.4 Å². The van der Waals surface area contributed by atoms with Crippen molar-refractivity contribution in [2.45, 2.75) is 13.3 Å². The minimum Gasteiger partial charge on any atom is -0.457 e. The molecule has 3 aromatic carbocycles. The van der Waals surface area contributed by atoms with Gasteiger partial charge in [-0.25, -0.2) is 4.90 Å². The number of ketones is 1. The topological polar surface area (TPSA) is 89.7 Å². The van der Waals surface area contributed by atoms with E-state index in [2.05, 4.69) is 0 Å². The molecule has 0 bridgehead atoms. The second kappa shape index (κ2) is 7.24. The van der Waals surface area contributed by atoms with Gasteiger partial charge in [-0.3, -0.25) is 14.4 Å². The number of hydrogen-bond acceptors (Lipinski definition) is 5. The third-order valence-electron chi connectivity index (χ3n) is 4.61. The van der Waals surface area contributed by atoms with Crippen LogP contribution in [0.4, 0.5) is 11.4 Å². The standard InChI is InChI=1S/C23H18N2O4/c1-14(26)12-15-2-11-20-21(13-15)23(28)25(22(20)27)17-5-9-19(10-6-17)29-18-7-3-16(24)4-8-18/h2-11,13H,12,24H2,1H3. The molecule has 2 amide bonds. The maximum absolute atomic E-state index is 12.8. The Balaban J connectivity index is 1.56. The van der Waals surface area contributed by atoms with E-state index in [1.807, 2.05) is 0 Å². The smallest absolute Gasteiger partial charge is 0.266 e. The average molecular weight is 386 g/mol. The van der Waals surface area contributed by atoms with Crippen LogP contribution in [0.15, 0.2) is 66.7 Å². The van der Waals surface area contributed by atoms with Crippen molar-refractivity contribution in [2.24, 2.45) is 0 Å². The van der Waals surface area contributed by atoms with Gasteiger partial charge in [0.2, 0.25) is 0 Å². The van der Waals surface area contributed by atoms with Gasteiger partial charge in [0.05, 0.1) is 16.8 Å². The number of nitrogen functional groups attached to an aromatic ring is 1. The summed E-state index contributed by atoms with van der Waals surface area (Å²) in [5, 5.41) is 0. The Bertz CT molecular complexity index is 1120. The van der Waals surface area contributed by atoms with Gasteiger partial charge in [-0.15, -0.1) is 0 Å². The van der Waals surface area contributed by atoms with Crippen LogP contribution in [-0.2, 0) is 11.2 Å². The summed E-state index contributed by atoms with van der Waals surface area (Å²) in [5.74, 6) is 0.411. The Morgan fingerprint density at radius 1 is 0.862 bits per heavy atom. The molecule has 0 saturated carbocycles. The number of anilines is 2. The number of rotatable bonds is 5. The molecule has 0 saturated heterocycles. The monoisotopic (exact) mass is 386 g/mol. The van der Waals surface area contributed by atoms with Crippen LogP contribution in [0.2, 0.25) is 0 Å². The highest BCUT2D eigenvalue weighted by Gasteiger charge is 2.36.